The van der Waals surface area contributed by atoms with Crippen molar-refractivity contribution in [2.75, 3.05) is 0 Å². The molecule has 1 aromatic carbocycles. The maximum atomic E-state index is 12.7. The summed E-state index contributed by atoms with van der Waals surface area (Å²) in [6, 6.07) is 8.53. The fourth-order valence-electron chi connectivity index (χ4n) is 1.83. The highest BCUT2D eigenvalue weighted by Crippen LogP contribution is 2.33. The summed E-state index contributed by atoms with van der Waals surface area (Å²) in [7, 11) is 0. The molecule has 0 atom stereocenters. The number of hydrogen-bond acceptors (Lipinski definition) is 4. The van der Waals surface area contributed by atoms with Gasteiger partial charge in [-0.15, -0.1) is 11.3 Å². The van der Waals surface area contributed by atoms with Gasteiger partial charge < -0.3 is 4.74 Å². The molecule has 0 aliphatic heterocycles. The van der Waals surface area contributed by atoms with Gasteiger partial charge in [-0.05, 0) is 36.4 Å². The maximum Gasteiger partial charge on any atom is 0.417 e. The van der Waals surface area contributed by atoms with E-state index in [4.69, 9.17) is 16.3 Å². The summed E-state index contributed by atoms with van der Waals surface area (Å²) in [6.45, 7) is 0. The first-order valence-corrected chi connectivity index (χ1v) is 7.47. The Hall–Kier alpha value is -2.12. The standard InChI is InChI=1S/C15H7ClF3NO2S/c16-9-1-3-10(4-2-9)22-14(21)13-6-11-12(23-13)5-8(7-20-11)15(17,18)19/h1-7H. The molecule has 0 aliphatic carbocycles. The van der Waals surface area contributed by atoms with Crippen LogP contribution in [0.25, 0.3) is 10.2 Å². The van der Waals surface area contributed by atoms with E-state index in [2.05, 4.69) is 4.98 Å². The molecule has 0 amide bonds. The number of benzene rings is 1. The molecule has 3 aromatic rings. The lowest BCUT2D eigenvalue weighted by molar-refractivity contribution is -0.137. The first kappa shape index (κ1) is 15.8. The molecule has 0 saturated carbocycles. The second-order valence-electron chi connectivity index (χ2n) is 4.56. The molecule has 0 saturated heterocycles. The van der Waals surface area contributed by atoms with E-state index >= 15 is 0 Å². The first-order valence-electron chi connectivity index (χ1n) is 6.27. The van der Waals surface area contributed by atoms with Gasteiger partial charge in [0.25, 0.3) is 0 Å². The van der Waals surface area contributed by atoms with Gasteiger partial charge in [0.05, 0.1) is 15.8 Å². The van der Waals surface area contributed by atoms with Crippen molar-refractivity contribution in [1.29, 1.82) is 0 Å². The molecule has 0 bridgehead atoms. The highest BCUT2D eigenvalue weighted by atomic mass is 35.5. The largest absolute Gasteiger partial charge is 0.422 e. The highest BCUT2D eigenvalue weighted by Gasteiger charge is 2.31. The molecule has 0 radical (unpaired) electrons. The van der Waals surface area contributed by atoms with Crippen molar-refractivity contribution in [1.82, 2.24) is 4.98 Å². The summed E-state index contributed by atoms with van der Waals surface area (Å²) >= 11 is 6.63. The third kappa shape index (κ3) is 3.46. The lowest BCUT2D eigenvalue weighted by Crippen LogP contribution is -2.05. The zero-order chi connectivity index (χ0) is 16.6. The van der Waals surface area contributed by atoms with Crippen LogP contribution in [-0.4, -0.2) is 11.0 Å². The monoisotopic (exact) mass is 357 g/mol. The molecule has 0 unspecified atom stereocenters. The lowest BCUT2D eigenvalue weighted by atomic mass is 10.2. The molecule has 8 heteroatoms. The van der Waals surface area contributed by atoms with Gasteiger partial charge >= 0.3 is 12.1 Å². The number of hydrogen-bond donors (Lipinski definition) is 0. The summed E-state index contributed by atoms with van der Waals surface area (Å²) in [6.07, 6.45) is -3.74. The number of nitrogens with zero attached hydrogens (tertiary/aromatic N) is 1. The van der Waals surface area contributed by atoms with Crippen molar-refractivity contribution in [3.05, 3.63) is 58.1 Å². The van der Waals surface area contributed by atoms with Gasteiger partial charge in [0.15, 0.2) is 0 Å². The molecule has 2 aromatic heterocycles. The number of carbonyl (C=O) groups is 1. The van der Waals surface area contributed by atoms with E-state index < -0.39 is 17.7 Å². The molecule has 118 valence electrons. The third-order valence-electron chi connectivity index (χ3n) is 2.92. The molecule has 0 fully saturated rings. The van der Waals surface area contributed by atoms with Crippen LogP contribution in [0.3, 0.4) is 0 Å². The van der Waals surface area contributed by atoms with Crippen molar-refractivity contribution < 1.29 is 22.7 Å². The van der Waals surface area contributed by atoms with Crippen LogP contribution >= 0.6 is 22.9 Å². The lowest BCUT2D eigenvalue weighted by Gasteiger charge is -2.04. The highest BCUT2D eigenvalue weighted by molar-refractivity contribution is 7.20. The van der Waals surface area contributed by atoms with Gasteiger partial charge in [0.1, 0.15) is 10.6 Å². The van der Waals surface area contributed by atoms with Gasteiger partial charge in [0, 0.05) is 11.2 Å². The number of halogens is 4. The van der Waals surface area contributed by atoms with E-state index in [1.165, 1.54) is 18.2 Å². The van der Waals surface area contributed by atoms with E-state index in [1.54, 1.807) is 12.1 Å². The fourth-order valence-corrected chi connectivity index (χ4v) is 2.89. The van der Waals surface area contributed by atoms with E-state index in [9.17, 15) is 18.0 Å². The topological polar surface area (TPSA) is 39.2 Å². The number of esters is 1. The second-order valence-corrected chi connectivity index (χ2v) is 6.08. The minimum Gasteiger partial charge on any atom is -0.422 e. The van der Waals surface area contributed by atoms with Gasteiger partial charge in [-0.1, -0.05) is 11.6 Å². The van der Waals surface area contributed by atoms with Gasteiger partial charge in [0.2, 0.25) is 0 Å². The summed E-state index contributed by atoms with van der Waals surface area (Å²) < 4.78 is 43.4. The Bertz CT molecular complexity index is 875. The van der Waals surface area contributed by atoms with Gasteiger partial charge in [-0.25, -0.2) is 4.79 Å². The Labute approximate surface area is 137 Å². The molecule has 0 aliphatic rings. The van der Waals surface area contributed by atoms with Crippen molar-refractivity contribution in [3.8, 4) is 5.75 Å². The number of carbonyl (C=O) groups excluding carboxylic acids is 1. The fraction of sp³-hybridized carbons (Fsp3) is 0.0667. The zero-order valence-electron chi connectivity index (χ0n) is 11.2. The average Bonchev–Trinajstić information content (AvgIpc) is 2.92. The summed E-state index contributed by atoms with van der Waals surface area (Å²) in [5, 5.41) is 0.496. The van der Waals surface area contributed by atoms with Crippen LogP contribution in [0, 0.1) is 0 Å². The third-order valence-corrected chi connectivity index (χ3v) is 4.23. The molecule has 0 N–H and O–H groups in total. The molecular weight excluding hydrogens is 351 g/mol. The van der Waals surface area contributed by atoms with E-state index in [1.807, 2.05) is 0 Å². The first-order chi connectivity index (χ1) is 10.8. The Kier molecular flexibility index (Phi) is 3.99. The number of fused-ring (bicyclic) bond motifs is 1. The Morgan fingerprint density at radius 2 is 1.87 bits per heavy atom. The number of thiophene rings is 1. The molecule has 3 rings (SSSR count). The Balaban J connectivity index is 1.87. The quantitative estimate of drug-likeness (QED) is 0.468. The zero-order valence-corrected chi connectivity index (χ0v) is 12.8. The predicted molar refractivity (Wildman–Crippen MR) is 81.0 cm³/mol. The molecule has 0 spiro atoms. The second kappa shape index (κ2) is 5.82. The van der Waals surface area contributed by atoms with Crippen molar-refractivity contribution in [2.24, 2.45) is 0 Å². The average molecular weight is 358 g/mol. The van der Waals surface area contributed by atoms with Crippen LogP contribution < -0.4 is 4.74 Å². The normalized spacial score (nSPS) is 11.7. The molecule has 3 nitrogen and oxygen atoms in total. The minimum atomic E-state index is -4.48. The smallest absolute Gasteiger partial charge is 0.417 e. The summed E-state index contributed by atoms with van der Waals surface area (Å²) in [5.41, 5.74) is -0.546. The number of aromatic nitrogens is 1. The number of ether oxygens (including phenoxy) is 1. The van der Waals surface area contributed by atoms with Crippen LogP contribution in [0.15, 0.2) is 42.6 Å². The van der Waals surface area contributed by atoms with E-state index in [-0.39, 0.29) is 9.58 Å². The molecule has 2 heterocycles. The summed E-state index contributed by atoms with van der Waals surface area (Å²) in [4.78, 5) is 16.0. The van der Waals surface area contributed by atoms with E-state index in [0.29, 0.717) is 16.3 Å². The van der Waals surface area contributed by atoms with Crippen LogP contribution in [-0.2, 0) is 6.18 Å². The van der Waals surface area contributed by atoms with Crippen molar-refractivity contribution in [3.63, 3.8) is 0 Å². The van der Waals surface area contributed by atoms with Crippen LogP contribution in [0.4, 0.5) is 13.2 Å². The predicted octanol–water partition coefficient (Wildman–Crippen LogP) is 5.19. The number of alkyl halides is 3. The SMILES string of the molecule is O=C(Oc1ccc(Cl)cc1)c1cc2ncc(C(F)(F)F)cc2s1. The number of pyridine rings is 1. The van der Waals surface area contributed by atoms with Gasteiger partial charge in [-0.3, -0.25) is 4.98 Å². The minimum absolute atomic E-state index is 0.168. The van der Waals surface area contributed by atoms with E-state index in [0.717, 1.165) is 23.6 Å². The molecule has 23 heavy (non-hydrogen) atoms. The number of rotatable bonds is 2. The Morgan fingerprint density at radius 3 is 2.52 bits per heavy atom. The Morgan fingerprint density at radius 1 is 1.17 bits per heavy atom. The molecular formula is C15H7ClF3NO2S. The van der Waals surface area contributed by atoms with Crippen molar-refractivity contribution in [2.45, 2.75) is 6.18 Å². The van der Waals surface area contributed by atoms with Gasteiger partial charge in [-0.2, -0.15) is 13.2 Å². The van der Waals surface area contributed by atoms with Crippen molar-refractivity contribution >= 4 is 39.1 Å². The maximum absolute atomic E-state index is 12.7. The van der Waals surface area contributed by atoms with Crippen LogP contribution in [0.5, 0.6) is 5.75 Å². The summed E-state index contributed by atoms with van der Waals surface area (Å²) in [5.74, 6) is -0.371. The van der Waals surface area contributed by atoms with Crippen LogP contribution in [0.2, 0.25) is 5.02 Å². The van der Waals surface area contributed by atoms with Crippen LogP contribution in [0.1, 0.15) is 15.2 Å².